The molecule has 1 unspecified atom stereocenters. The predicted molar refractivity (Wildman–Crippen MR) is 66.0 cm³/mol. The van der Waals surface area contributed by atoms with Crippen molar-refractivity contribution in [3.8, 4) is 0 Å². The van der Waals surface area contributed by atoms with E-state index in [9.17, 15) is 4.79 Å². The van der Waals surface area contributed by atoms with Crippen LogP contribution in [0.4, 0.5) is 5.69 Å². The number of hydrogen-bond donors (Lipinski definition) is 0. The number of oxime groups is 1. The van der Waals surface area contributed by atoms with Crippen LogP contribution in [0.3, 0.4) is 0 Å². The van der Waals surface area contributed by atoms with Crippen LogP contribution in [0, 0.1) is 5.92 Å². The summed E-state index contributed by atoms with van der Waals surface area (Å²) < 4.78 is 0. The predicted octanol–water partition coefficient (Wildman–Crippen LogP) is 1.66. The van der Waals surface area contributed by atoms with Gasteiger partial charge in [-0.15, -0.1) is 0 Å². The first kappa shape index (κ1) is 11.3. The number of rotatable bonds is 3. The molecule has 0 fully saturated rings. The van der Waals surface area contributed by atoms with Crippen LogP contribution in [0.15, 0.2) is 40.6 Å². The molecular formula is C12H13N3O2. The van der Waals surface area contributed by atoms with Gasteiger partial charge >= 0.3 is 0 Å². The van der Waals surface area contributed by atoms with E-state index in [4.69, 9.17) is 0 Å². The Kier molecular flexibility index (Phi) is 3.18. The molecule has 1 aromatic rings. The second-order valence-corrected chi connectivity index (χ2v) is 3.64. The maximum Gasteiger partial charge on any atom is 0.261 e. The lowest BCUT2D eigenvalue weighted by Crippen LogP contribution is -2.29. The van der Waals surface area contributed by atoms with E-state index < -0.39 is 5.92 Å². The number of anilines is 1. The number of nitrogens with zero attached hydrogens (tertiary/aromatic N) is 3. The summed E-state index contributed by atoms with van der Waals surface area (Å²) in [5, 5.41) is 9.23. The summed E-state index contributed by atoms with van der Waals surface area (Å²) >= 11 is 0. The lowest BCUT2D eigenvalue weighted by Gasteiger charge is -2.13. The molecule has 0 N–H and O–H groups in total. The van der Waals surface area contributed by atoms with Crippen molar-refractivity contribution in [2.24, 2.45) is 16.2 Å². The number of benzene rings is 1. The summed E-state index contributed by atoms with van der Waals surface area (Å²) in [6.07, 6.45) is 1.58. The zero-order valence-corrected chi connectivity index (χ0v) is 9.70. The van der Waals surface area contributed by atoms with Gasteiger partial charge in [0.2, 0.25) is 0 Å². The highest BCUT2D eigenvalue weighted by Gasteiger charge is 2.31. The fourth-order valence-corrected chi connectivity index (χ4v) is 1.64. The van der Waals surface area contributed by atoms with Crippen molar-refractivity contribution < 1.29 is 9.63 Å². The zero-order chi connectivity index (χ0) is 12.3. The molecule has 0 aromatic heterocycles. The lowest BCUT2D eigenvalue weighted by atomic mass is 10.1. The van der Waals surface area contributed by atoms with Crippen molar-refractivity contribution >= 4 is 23.5 Å². The van der Waals surface area contributed by atoms with Gasteiger partial charge in [0.25, 0.3) is 5.91 Å². The van der Waals surface area contributed by atoms with Crippen LogP contribution in [0.25, 0.3) is 0 Å². The van der Waals surface area contributed by atoms with Crippen molar-refractivity contribution in [2.45, 2.75) is 6.92 Å². The molecule has 1 heterocycles. The molecular weight excluding hydrogens is 218 g/mol. The van der Waals surface area contributed by atoms with Crippen LogP contribution in [-0.4, -0.2) is 24.9 Å². The molecule has 0 saturated carbocycles. The van der Waals surface area contributed by atoms with Gasteiger partial charge in [-0.3, -0.25) is 4.79 Å². The van der Waals surface area contributed by atoms with Crippen LogP contribution in [0.2, 0.25) is 0 Å². The summed E-state index contributed by atoms with van der Waals surface area (Å²) in [7, 11) is 1.45. The molecule has 17 heavy (non-hydrogen) atoms. The highest BCUT2D eigenvalue weighted by atomic mass is 16.6. The summed E-state index contributed by atoms with van der Waals surface area (Å²) in [5.74, 6) is -0.551. The maximum atomic E-state index is 12.1. The zero-order valence-electron chi connectivity index (χ0n) is 9.70. The lowest BCUT2D eigenvalue weighted by molar-refractivity contribution is -0.118. The van der Waals surface area contributed by atoms with E-state index in [-0.39, 0.29) is 5.91 Å². The third kappa shape index (κ3) is 2.18. The van der Waals surface area contributed by atoms with Crippen LogP contribution in [0.1, 0.15) is 6.92 Å². The fourth-order valence-electron chi connectivity index (χ4n) is 1.64. The number of hydrazone groups is 1. The topological polar surface area (TPSA) is 54.3 Å². The molecule has 1 amide bonds. The average Bonchev–Trinajstić information content (AvgIpc) is 2.72. The van der Waals surface area contributed by atoms with Gasteiger partial charge in [0.1, 0.15) is 13.0 Å². The molecule has 5 nitrogen and oxygen atoms in total. The number of carbonyl (C=O) groups is 1. The molecule has 2 rings (SSSR count). The van der Waals surface area contributed by atoms with Gasteiger partial charge in [-0.2, -0.15) is 5.10 Å². The van der Waals surface area contributed by atoms with E-state index in [2.05, 4.69) is 15.1 Å². The van der Waals surface area contributed by atoms with Gasteiger partial charge < -0.3 is 4.84 Å². The van der Waals surface area contributed by atoms with Crippen molar-refractivity contribution in [1.29, 1.82) is 0 Å². The van der Waals surface area contributed by atoms with E-state index in [1.807, 2.05) is 30.3 Å². The Bertz CT molecular complexity index is 468. The Labute approximate surface area is 99.4 Å². The molecule has 88 valence electrons. The Balaban J connectivity index is 2.20. The molecule has 0 aliphatic carbocycles. The Hall–Kier alpha value is -2.17. The molecule has 1 aliphatic heterocycles. The first-order valence-electron chi connectivity index (χ1n) is 5.25. The van der Waals surface area contributed by atoms with Crippen LogP contribution in [-0.2, 0) is 9.63 Å². The number of hydrogen-bond acceptors (Lipinski definition) is 4. The minimum atomic E-state index is -0.435. The first-order valence-corrected chi connectivity index (χ1v) is 5.25. The summed E-state index contributed by atoms with van der Waals surface area (Å²) in [6, 6.07) is 9.28. The summed E-state index contributed by atoms with van der Waals surface area (Å²) in [6.45, 7) is 1.74. The van der Waals surface area contributed by atoms with Crippen molar-refractivity contribution in [2.75, 3.05) is 12.1 Å². The summed E-state index contributed by atoms with van der Waals surface area (Å²) in [5.41, 5.74) is 1.35. The molecule has 5 heteroatoms. The molecule has 1 aliphatic rings. The molecule has 1 aromatic carbocycles. The second kappa shape index (κ2) is 4.78. The second-order valence-electron chi connectivity index (χ2n) is 3.64. The quantitative estimate of drug-likeness (QED) is 0.586. The van der Waals surface area contributed by atoms with E-state index in [0.29, 0.717) is 5.71 Å². The molecule has 1 atom stereocenters. The Morgan fingerprint density at radius 3 is 2.76 bits per heavy atom. The van der Waals surface area contributed by atoms with E-state index in [0.717, 1.165) is 5.69 Å². The standard InChI is InChI=1S/C12H13N3O2/c1-9(14-17-2)11-8-13-15(12(11)16)10-6-4-3-5-7-10/h3-8,11H,1-2H3. The summed E-state index contributed by atoms with van der Waals surface area (Å²) in [4.78, 5) is 16.7. The number of amides is 1. The molecule has 0 spiro atoms. The minimum Gasteiger partial charge on any atom is -0.399 e. The monoisotopic (exact) mass is 231 g/mol. The van der Waals surface area contributed by atoms with Gasteiger partial charge in [0, 0.05) is 6.21 Å². The van der Waals surface area contributed by atoms with Crippen LogP contribution < -0.4 is 5.01 Å². The largest absolute Gasteiger partial charge is 0.399 e. The van der Waals surface area contributed by atoms with Crippen molar-refractivity contribution in [3.63, 3.8) is 0 Å². The van der Waals surface area contributed by atoms with E-state index in [1.165, 1.54) is 12.1 Å². The van der Waals surface area contributed by atoms with E-state index in [1.54, 1.807) is 13.1 Å². The maximum absolute atomic E-state index is 12.1. The third-order valence-corrected chi connectivity index (χ3v) is 2.49. The average molecular weight is 231 g/mol. The number of carbonyl (C=O) groups excluding carboxylic acids is 1. The van der Waals surface area contributed by atoms with Gasteiger partial charge in [-0.25, -0.2) is 5.01 Å². The highest BCUT2D eigenvalue weighted by Crippen LogP contribution is 2.21. The fraction of sp³-hybridized carbons (Fsp3) is 0.250. The van der Waals surface area contributed by atoms with Gasteiger partial charge in [-0.05, 0) is 19.1 Å². The number of para-hydroxylation sites is 1. The minimum absolute atomic E-state index is 0.116. The van der Waals surface area contributed by atoms with Gasteiger partial charge in [0.05, 0.1) is 11.4 Å². The Morgan fingerprint density at radius 2 is 2.12 bits per heavy atom. The molecule has 0 bridgehead atoms. The smallest absolute Gasteiger partial charge is 0.261 e. The highest BCUT2D eigenvalue weighted by molar-refractivity contribution is 6.22. The molecule has 0 radical (unpaired) electrons. The molecule has 0 saturated heterocycles. The van der Waals surface area contributed by atoms with Gasteiger partial charge in [0.15, 0.2) is 0 Å². The normalized spacial score (nSPS) is 19.9. The Morgan fingerprint density at radius 1 is 1.41 bits per heavy atom. The third-order valence-electron chi connectivity index (χ3n) is 2.49. The van der Waals surface area contributed by atoms with Crippen LogP contribution in [0.5, 0.6) is 0 Å². The SMILES string of the molecule is CON=C(C)C1C=NN(c2ccccc2)C1=O. The first-order chi connectivity index (χ1) is 8.24. The van der Waals surface area contributed by atoms with Crippen molar-refractivity contribution in [1.82, 2.24) is 0 Å². The van der Waals surface area contributed by atoms with Gasteiger partial charge in [-0.1, -0.05) is 23.4 Å². The van der Waals surface area contributed by atoms with E-state index >= 15 is 0 Å². The van der Waals surface area contributed by atoms with Crippen molar-refractivity contribution in [3.05, 3.63) is 30.3 Å². The van der Waals surface area contributed by atoms with Crippen LogP contribution >= 0.6 is 0 Å².